The first-order valence-electron chi connectivity index (χ1n) is 11.9. The third-order valence-electron chi connectivity index (χ3n) is 7.00. The summed E-state index contributed by atoms with van der Waals surface area (Å²) in [7, 11) is 0. The topological polar surface area (TPSA) is 157 Å². The Morgan fingerprint density at radius 2 is 1.38 bits per heavy atom. The van der Waals surface area contributed by atoms with Crippen LogP contribution in [0.5, 0.6) is 46.0 Å². The van der Waals surface area contributed by atoms with Crippen LogP contribution < -0.4 is 9.47 Å². The van der Waals surface area contributed by atoms with Crippen LogP contribution in [0.2, 0.25) is 0 Å². The van der Waals surface area contributed by atoms with Crippen LogP contribution >= 0.6 is 0 Å². The molecular weight excluding hydrogens is 511 g/mol. The lowest BCUT2D eigenvalue weighted by molar-refractivity contribution is 0.0829. The molecule has 39 heavy (non-hydrogen) atoms. The van der Waals surface area contributed by atoms with E-state index in [4.69, 9.17) is 9.47 Å². The number of ketones is 1. The summed E-state index contributed by atoms with van der Waals surface area (Å²) in [6.45, 7) is 0. The molecule has 0 radical (unpaired) electrons. The molecule has 3 unspecified atom stereocenters. The van der Waals surface area contributed by atoms with Gasteiger partial charge in [0.1, 0.15) is 52.3 Å². The highest BCUT2D eigenvalue weighted by Crippen LogP contribution is 2.59. The molecule has 10 heteroatoms. The third kappa shape index (κ3) is 3.88. The average molecular weight is 532 g/mol. The molecule has 0 saturated carbocycles. The van der Waals surface area contributed by atoms with Crippen molar-refractivity contribution < 1.29 is 49.3 Å². The van der Waals surface area contributed by atoms with E-state index in [0.717, 1.165) is 12.1 Å². The molecule has 0 fully saturated rings. The lowest BCUT2D eigenvalue weighted by Crippen LogP contribution is -2.22. The van der Waals surface area contributed by atoms with E-state index in [2.05, 4.69) is 0 Å². The van der Waals surface area contributed by atoms with E-state index in [1.807, 2.05) is 0 Å². The molecule has 0 aromatic heterocycles. The zero-order valence-electron chi connectivity index (χ0n) is 20.0. The minimum absolute atomic E-state index is 0.0205. The van der Waals surface area contributed by atoms with E-state index in [0.29, 0.717) is 5.56 Å². The Morgan fingerprint density at radius 3 is 2.05 bits per heavy atom. The molecule has 0 aliphatic carbocycles. The Bertz CT molecular complexity index is 1630. The summed E-state index contributed by atoms with van der Waals surface area (Å²) in [6, 6.07) is 13.4. The highest BCUT2D eigenvalue weighted by Gasteiger charge is 2.46. The molecule has 2 aliphatic heterocycles. The van der Waals surface area contributed by atoms with Gasteiger partial charge in [-0.3, -0.25) is 4.79 Å². The number of phenols is 6. The Balaban J connectivity index is 1.53. The summed E-state index contributed by atoms with van der Waals surface area (Å²) in [6.07, 6.45) is -2.43. The molecule has 9 nitrogen and oxygen atoms in total. The van der Waals surface area contributed by atoms with Gasteiger partial charge in [-0.25, -0.2) is 0 Å². The number of rotatable bonds is 3. The fraction of sp³-hybridized carbons (Fsp3) is 0.138. The van der Waals surface area contributed by atoms with E-state index in [-0.39, 0.29) is 57.6 Å². The van der Waals surface area contributed by atoms with Crippen molar-refractivity contribution in [2.45, 2.75) is 24.5 Å². The van der Waals surface area contributed by atoms with Crippen molar-refractivity contribution >= 4 is 5.78 Å². The quantitative estimate of drug-likeness (QED) is 0.213. The van der Waals surface area contributed by atoms with Gasteiger partial charge in [-0.15, -0.1) is 0 Å². The molecule has 6 rings (SSSR count). The van der Waals surface area contributed by atoms with Gasteiger partial charge >= 0.3 is 0 Å². The zero-order chi connectivity index (χ0) is 27.6. The van der Waals surface area contributed by atoms with Gasteiger partial charge in [0.25, 0.3) is 0 Å². The molecule has 0 saturated heterocycles. The Labute approximate surface area is 220 Å². The highest BCUT2D eigenvalue weighted by atomic mass is 19.1. The van der Waals surface area contributed by atoms with Crippen molar-refractivity contribution in [3.8, 4) is 46.0 Å². The number of benzene rings is 4. The largest absolute Gasteiger partial charge is 0.508 e. The van der Waals surface area contributed by atoms with Gasteiger partial charge in [0, 0.05) is 17.7 Å². The van der Waals surface area contributed by atoms with Crippen molar-refractivity contribution in [3.05, 3.63) is 94.3 Å². The van der Waals surface area contributed by atoms with Gasteiger partial charge in [-0.2, -0.15) is 4.39 Å². The second-order valence-electron chi connectivity index (χ2n) is 9.48. The lowest BCUT2D eigenvalue weighted by Gasteiger charge is -2.28. The maximum atomic E-state index is 16.1. The van der Waals surface area contributed by atoms with Gasteiger partial charge in [0.05, 0.1) is 17.9 Å². The summed E-state index contributed by atoms with van der Waals surface area (Å²) in [5, 5.41) is 61.3. The molecule has 4 aromatic rings. The van der Waals surface area contributed by atoms with Gasteiger partial charge in [-0.1, -0.05) is 12.1 Å². The third-order valence-corrected chi connectivity index (χ3v) is 7.00. The van der Waals surface area contributed by atoms with Gasteiger partial charge in [0.15, 0.2) is 17.3 Å². The predicted octanol–water partition coefficient (Wildman–Crippen LogP) is 5.03. The molecule has 0 spiro atoms. The normalized spacial score (nSPS) is 19.6. The van der Waals surface area contributed by atoms with E-state index < -0.39 is 46.8 Å². The van der Waals surface area contributed by atoms with Crippen LogP contribution in [0.25, 0.3) is 0 Å². The van der Waals surface area contributed by atoms with Crippen LogP contribution in [-0.2, 0) is 0 Å². The molecule has 6 N–H and O–H groups in total. The van der Waals surface area contributed by atoms with Gasteiger partial charge in [-0.05, 0) is 47.5 Å². The fourth-order valence-corrected chi connectivity index (χ4v) is 5.30. The van der Waals surface area contributed by atoms with Crippen LogP contribution in [0.3, 0.4) is 0 Å². The molecule has 0 bridgehead atoms. The molecule has 0 amide bonds. The lowest BCUT2D eigenvalue weighted by atomic mass is 9.82. The summed E-state index contributed by atoms with van der Waals surface area (Å²) in [4.78, 5) is 13.3. The standard InChI is InChI=1S/C29H21FO9/c30-25-28-23(20(36)11-21(38-28)18-6-5-15(32)10-19(18)35)26(37)24-22(13-7-16(33)9-17(34)8-13)27(39-29(24)25)12-1-3-14(31)4-2-12/h1-10,21-22,27,31-35,37H,11H2. The number of carbonyl (C=O) groups is 1. The smallest absolute Gasteiger partial charge is 0.208 e. The summed E-state index contributed by atoms with van der Waals surface area (Å²) in [5.41, 5.74) is 0.423. The number of aromatic hydroxyl groups is 6. The van der Waals surface area contributed by atoms with E-state index in [1.165, 1.54) is 36.4 Å². The van der Waals surface area contributed by atoms with Crippen molar-refractivity contribution in [1.29, 1.82) is 0 Å². The molecule has 2 aliphatic rings. The molecule has 4 aromatic carbocycles. The number of hydrogen-bond donors (Lipinski definition) is 6. The second kappa shape index (κ2) is 8.73. The maximum absolute atomic E-state index is 16.1. The average Bonchev–Trinajstić information content (AvgIpc) is 3.28. The monoisotopic (exact) mass is 532 g/mol. The van der Waals surface area contributed by atoms with Crippen LogP contribution in [-0.4, -0.2) is 36.4 Å². The molecule has 3 atom stereocenters. The van der Waals surface area contributed by atoms with Crippen molar-refractivity contribution in [3.63, 3.8) is 0 Å². The first-order chi connectivity index (χ1) is 18.6. The van der Waals surface area contributed by atoms with Gasteiger partial charge < -0.3 is 40.1 Å². The first kappa shape index (κ1) is 24.2. The Morgan fingerprint density at radius 1 is 0.718 bits per heavy atom. The van der Waals surface area contributed by atoms with Crippen LogP contribution in [0.1, 0.15) is 57.2 Å². The van der Waals surface area contributed by atoms with Crippen LogP contribution in [0.4, 0.5) is 4.39 Å². The summed E-state index contributed by atoms with van der Waals surface area (Å²) < 4.78 is 27.9. The second-order valence-corrected chi connectivity index (χ2v) is 9.48. The number of carbonyl (C=O) groups excluding carboxylic acids is 1. The van der Waals surface area contributed by atoms with Crippen molar-refractivity contribution in [2.24, 2.45) is 0 Å². The molecule has 2 heterocycles. The zero-order valence-corrected chi connectivity index (χ0v) is 20.0. The number of fused-ring (bicyclic) bond motifs is 2. The Kier molecular flexibility index (Phi) is 5.42. The van der Waals surface area contributed by atoms with Crippen molar-refractivity contribution in [2.75, 3.05) is 0 Å². The van der Waals surface area contributed by atoms with E-state index in [9.17, 15) is 35.4 Å². The number of Topliss-reactive ketones (excluding diaryl/α,β-unsaturated/α-hetero) is 1. The molecular formula is C29H21FO9. The fourth-order valence-electron chi connectivity index (χ4n) is 5.30. The minimum Gasteiger partial charge on any atom is -0.508 e. The number of phenolic OH excluding ortho intramolecular Hbond substituents is 6. The molecule has 198 valence electrons. The number of hydrogen-bond acceptors (Lipinski definition) is 9. The maximum Gasteiger partial charge on any atom is 0.208 e. The summed E-state index contributed by atoms with van der Waals surface area (Å²) in [5.74, 6) is -5.34. The van der Waals surface area contributed by atoms with Crippen molar-refractivity contribution in [1.82, 2.24) is 0 Å². The highest BCUT2D eigenvalue weighted by molar-refractivity contribution is 6.03. The van der Waals surface area contributed by atoms with Crippen LogP contribution in [0.15, 0.2) is 60.7 Å². The van der Waals surface area contributed by atoms with E-state index >= 15 is 4.39 Å². The Hall–Kier alpha value is -5.12. The first-order valence-corrected chi connectivity index (χ1v) is 11.9. The predicted molar refractivity (Wildman–Crippen MR) is 133 cm³/mol. The minimum atomic E-state index is -1.11. The summed E-state index contributed by atoms with van der Waals surface area (Å²) >= 11 is 0. The van der Waals surface area contributed by atoms with E-state index in [1.54, 1.807) is 12.1 Å². The SMILES string of the molecule is O=C1CC(c2ccc(O)cc2O)Oc2c(F)c3c(c(O)c21)C(c1cc(O)cc(O)c1)C(c1ccc(O)cc1)O3. The number of halogens is 1. The van der Waals surface area contributed by atoms with Crippen LogP contribution in [0, 0.1) is 5.82 Å². The number of ether oxygens (including phenoxy) is 2. The van der Waals surface area contributed by atoms with Gasteiger partial charge in [0.2, 0.25) is 5.82 Å².